The monoisotopic (exact) mass is 268 g/mol. The first-order chi connectivity index (χ1) is 9.01. The van der Waals surface area contributed by atoms with Crippen molar-refractivity contribution < 1.29 is 19.6 Å². The van der Waals surface area contributed by atoms with Gasteiger partial charge < -0.3 is 14.7 Å². The first-order valence-corrected chi connectivity index (χ1v) is 5.76. The molecule has 0 bridgehead atoms. The van der Waals surface area contributed by atoms with Crippen LogP contribution in [0.1, 0.15) is 17.3 Å². The molecule has 1 rings (SSSR count). The van der Waals surface area contributed by atoms with E-state index in [9.17, 15) is 14.9 Å². The molecule has 0 aliphatic carbocycles. The van der Waals surface area contributed by atoms with Crippen molar-refractivity contribution >= 4 is 17.3 Å². The summed E-state index contributed by atoms with van der Waals surface area (Å²) in [6.07, 6.45) is 0. The van der Waals surface area contributed by atoms with Crippen molar-refractivity contribution in [2.24, 2.45) is 0 Å². The fourth-order valence-electron chi connectivity index (χ4n) is 1.72. The summed E-state index contributed by atoms with van der Waals surface area (Å²) in [6, 6.07) is 4.08. The molecule has 0 radical (unpaired) electrons. The van der Waals surface area contributed by atoms with Gasteiger partial charge in [-0.1, -0.05) is 0 Å². The van der Waals surface area contributed by atoms with Gasteiger partial charge in [0.15, 0.2) is 0 Å². The fraction of sp³-hybridized carbons (Fsp3) is 0.417. The molecule has 0 atom stereocenters. The van der Waals surface area contributed by atoms with E-state index in [1.54, 1.807) is 13.2 Å². The highest BCUT2D eigenvalue weighted by atomic mass is 16.6. The van der Waals surface area contributed by atoms with Gasteiger partial charge in [-0.05, 0) is 19.1 Å². The molecule has 0 fully saturated rings. The summed E-state index contributed by atoms with van der Waals surface area (Å²) in [6.45, 7) is 3.65. The topological polar surface area (TPSA) is 92.9 Å². The Morgan fingerprint density at radius 1 is 1.53 bits per heavy atom. The third-order valence-corrected chi connectivity index (χ3v) is 2.72. The number of nitro groups is 1. The molecule has 104 valence electrons. The molecule has 7 nitrogen and oxygen atoms in total. The van der Waals surface area contributed by atoms with Crippen molar-refractivity contribution in [2.75, 3.05) is 31.7 Å². The number of nitro benzene ring substituents is 1. The van der Waals surface area contributed by atoms with E-state index < -0.39 is 16.6 Å². The maximum absolute atomic E-state index is 11.1. The first-order valence-electron chi connectivity index (χ1n) is 5.76. The van der Waals surface area contributed by atoms with E-state index in [0.717, 1.165) is 0 Å². The molecule has 0 aromatic heterocycles. The van der Waals surface area contributed by atoms with Gasteiger partial charge in [0.05, 0.1) is 11.5 Å². The Hall–Kier alpha value is -2.15. The summed E-state index contributed by atoms with van der Waals surface area (Å²) in [5.41, 5.74) is -0.0834. The molecule has 19 heavy (non-hydrogen) atoms. The van der Waals surface area contributed by atoms with Gasteiger partial charge in [-0.2, -0.15) is 0 Å². The van der Waals surface area contributed by atoms with Crippen molar-refractivity contribution in [3.8, 4) is 0 Å². The predicted octanol–water partition coefficient (Wildman–Crippen LogP) is 1.77. The molecule has 0 amide bonds. The average Bonchev–Trinajstić information content (AvgIpc) is 2.39. The summed E-state index contributed by atoms with van der Waals surface area (Å²) in [5.74, 6) is -1.31. The second kappa shape index (κ2) is 6.69. The molecule has 0 heterocycles. The van der Waals surface area contributed by atoms with Gasteiger partial charge in [-0.3, -0.25) is 10.1 Å². The number of rotatable bonds is 7. The number of carboxylic acid groups (broad SMARTS) is 1. The summed E-state index contributed by atoms with van der Waals surface area (Å²) in [7, 11) is 1.58. The van der Waals surface area contributed by atoms with Crippen LogP contribution in [0.5, 0.6) is 0 Å². The Balaban J connectivity index is 3.13. The van der Waals surface area contributed by atoms with Crippen LogP contribution in [0.4, 0.5) is 11.4 Å². The summed E-state index contributed by atoms with van der Waals surface area (Å²) in [5, 5.41) is 19.8. The minimum Gasteiger partial charge on any atom is -0.477 e. The molecule has 0 saturated carbocycles. The lowest BCUT2D eigenvalue weighted by Gasteiger charge is -2.22. The average molecular weight is 268 g/mol. The number of aromatic carboxylic acids is 1. The van der Waals surface area contributed by atoms with E-state index >= 15 is 0 Å². The lowest BCUT2D eigenvalue weighted by atomic mass is 10.1. The number of carbonyl (C=O) groups is 1. The number of hydrogen-bond donors (Lipinski definition) is 1. The molecule has 1 aromatic rings. The highest BCUT2D eigenvalue weighted by Crippen LogP contribution is 2.25. The Labute approximate surface area is 110 Å². The zero-order chi connectivity index (χ0) is 14.4. The lowest BCUT2D eigenvalue weighted by Crippen LogP contribution is -2.27. The predicted molar refractivity (Wildman–Crippen MR) is 69.8 cm³/mol. The van der Waals surface area contributed by atoms with Gasteiger partial charge in [0.1, 0.15) is 5.56 Å². The summed E-state index contributed by atoms with van der Waals surface area (Å²) >= 11 is 0. The molecule has 7 heteroatoms. The summed E-state index contributed by atoms with van der Waals surface area (Å²) in [4.78, 5) is 23.0. The zero-order valence-corrected chi connectivity index (χ0v) is 10.8. The van der Waals surface area contributed by atoms with Crippen LogP contribution in [0.15, 0.2) is 18.2 Å². The summed E-state index contributed by atoms with van der Waals surface area (Å²) < 4.78 is 4.97. The lowest BCUT2D eigenvalue weighted by molar-refractivity contribution is -0.385. The quantitative estimate of drug-likeness (QED) is 0.598. The number of ether oxygens (including phenoxy) is 1. The van der Waals surface area contributed by atoms with E-state index in [2.05, 4.69) is 0 Å². The second-order valence-electron chi connectivity index (χ2n) is 3.84. The van der Waals surface area contributed by atoms with Crippen LogP contribution < -0.4 is 4.90 Å². The van der Waals surface area contributed by atoms with E-state index in [0.29, 0.717) is 25.4 Å². The molecular weight excluding hydrogens is 252 g/mol. The SMILES string of the molecule is CCN(CCOC)c1ccc([N+](=O)[O-])c(C(=O)O)c1. The normalized spacial score (nSPS) is 10.2. The third-order valence-electron chi connectivity index (χ3n) is 2.72. The molecule has 0 aliphatic rings. The van der Waals surface area contributed by atoms with Gasteiger partial charge in [0.25, 0.3) is 5.69 Å². The number of likely N-dealkylation sites (N-methyl/N-ethyl adjacent to an activating group) is 1. The minimum absolute atomic E-state index is 0.307. The Bertz CT molecular complexity index is 475. The van der Waals surface area contributed by atoms with Crippen LogP contribution in [0, 0.1) is 10.1 Å². The fourth-order valence-corrected chi connectivity index (χ4v) is 1.72. The maximum Gasteiger partial charge on any atom is 0.342 e. The molecule has 0 saturated heterocycles. The van der Waals surface area contributed by atoms with E-state index in [4.69, 9.17) is 9.84 Å². The minimum atomic E-state index is -1.31. The van der Waals surface area contributed by atoms with Gasteiger partial charge >= 0.3 is 5.97 Å². The molecule has 1 aromatic carbocycles. The second-order valence-corrected chi connectivity index (χ2v) is 3.84. The third kappa shape index (κ3) is 3.65. The zero-order valence-electron chi connectivity index (χ0n) is 10.8. The van der Waals surface area contributed by atoms with Crippen molar-refractivity contribution in [1.82, 2.24) is 0 Å². The van der Waals surface area contributed by atoms with E-state index in [1.165, 1.54) is 12.1 Å². The van der Waals surface area contributed by atoms with E-state index in [-0.39, 0.29) is 5.56 Å². The van der Waals surface area contributed by atoms with Crippen LogP contribution in [-0.4, -0.2) is 42.8 Å². The standard InChI is InChI=1S/C12H16N2O5/c1-3-13(6-7-19-2)9-4-5-11(14(17)18)10(8-9)12(15)16/h4-5,8H,3,6-7H2,1-2H3,(H,15,16). The number of carboxylic acids is 1. The van der Waals surface area contributed by atoms with Crippen LogP contribution in [0.3, 0.4) is 0 Å². The van der Waals surface area contributed by atoms with Crippen LogP contribution >= 0.6 is 0 Å². The largest absolute Gasteiger partial charge is 0.477 e. The van der Waals surface area contributed by atoms with E-state index in [1.807, 2.05) is 11.8 Å². The van der Waals surface area contributed by atoms with Gasteiger partial charge in [0.2, 0.25) is 0 Å². The smallest absolute Gasteiger partial charge is 0.342 e. The Morgan fingerprint density at radius 3 is 2.68 bits per heavy atom. The maximum atomic E-state index is 11.1. The van der Waals surface area contributed by atoms with Crippen molar-refractivity contribution in [1.29, 1.82) is 0 Å². The first kappa shape index (κ1) is 14.9. The van der Waals surface area contributed by atoms with Gasteiger partial charge in [-0.25, -0.2) is 4.79 Å². The number of anilines is 1. The molecule has 0 aliphatic heterocycles. The van der Waals surface area contributed by atoms with Crippen molar-refractivity contribution in [2.45, 2.75) is 6.92 Å². The van der Waals surface area contributed by atoms with Crippen molar-refractivity contribution in [3.05, 3.63) is 33.9 Å². The Morgan fingerprint density at radius 2 is 2.21 bits per heavy atom. The number of methoxy groups -OCH3 is 1. The molecule has 1 N–H and O–H groups in total. The van der Waals surface area contributed by atoms with Crippen LogP contribution in [0.2, 0.25) is 0 Å². The molecule has 0 spiro atoms. The highest BCUT2D eigenvalue weighted by molar-refractivity contribution is 5.93. The Kier molecular flexibility index (Phi) is 5.25. The highest BCUT2D eigenvalue weighted by Gasteiger charge is 2.21. The van der Waals surface area contributed by atoms with Crippen LogP contribution in [-0.2, 0) is 4.74 Å². The number of benzene rings is 1. The van der Waals surface area contributed by atoms with Crippen molar-refractivity contribution in [3.63, 3.8) is 0 Å². The number of nitrogens with zero attached hydrogens (tertiary/aromatic N) is 2. The number of hydrogen-bond acceptors (Lipinski definition) is 5. The van der Waals surface area contributed by atoms with Gasteiger partial charge in [-0.15, -0.1) is 0 Å². The van der Waals surface area contributed by atoms with Crippen LogP contribution in [0.25, 0.3) is 0 Å². The molecular formula is C12H16N2O5. The van der Waals surface area contributed by atoms with Gasteiger partial charge in [0, 0.05) is 32.0 Å². The molecule has 0 unspecified atom stereocenters.